The highest BCUT2D eigenvalue weighted by Gasteiger charge is 1.93. The molecule has 0 unspecified atom stereocenters. The first kappa shape index (κ1) is 10.8. The van der Waals surface area contributed by atoms with Gasteiger partial charge >= 0.3 is 0 Å². The van der Waals surface area contributed by atoms with Gasteiger partial charge in [-0.2, -0.15) is 10.5 Å². The molecule has 0 saturated heterocycles. The van der Waals surface area contributed by atoms with Crippen molar-refractivity contribution in [1.82, 2.24) is 0 Å². The number of nitrogens with one attached hydrogen (secondary N) is 1. The van der Waals surface area contributed by atoms with Crippen LogP contribution in [-0.4, -0.2) is 0 Å². The first-order chi connectivity index (χ1) is 7.30. The molecule has 1 rings (SSSR count). The second kappa shape index (κ2) is 5.47. The zero-order valence-electron chi connectivity index (χ0n) is 8.49. The summed E-state index contributed by atoms with van der Waals surface area (Å²) in [5, 5.41) is 19.9. The summed E-state index contributed by atoms with van der Waals surface area (Å²) in [6.07, 6.45) is 2.40. The maximum Gasteiger partial charge on any atom is 0.145 e. The topological polar surface area (TPSA) is 59.6 Å². The molecule has 0 amide bonds. The fraction of sp³-hybridized carbons (Fsp3) is 0.167. The summed E-state index contributed by atoms with van der Waals surface area (Å²) in [6, 6.07) is 11.4. The van der Waals surface area contributed by atoms with Crippen LogP contribution in [0.2, 0.25) is 0 Å². The Bertz CT molecular complexity index is 413. The summed E-state index contributed by atoms with van der Waals surface area (Å²) in [4.78, 5) is 0. The van der Waals surface area contributed by atoms with Gasteiger partial charge in [0.1, 0.15) is 17.7 Å². The van der Waals surface area contributed by atoms with Gasteiger partial charge in [-0.1, -0.05) is 19.1 Å². The van der Waals surface area contributed by atoms with E-state index in [1.165, 1.54) is 11.8 Å². The minimum absolute atomic E-state index is 0.0644. The highest BCUT2D eigenvalue weighted by Crippen LogP contribution is 2.10. The largest absolute Gasteiger partial charge is 0.360 e. The van der Waals surface area contributed by atoms with Gasteiger partial charge in [0.25, 0.3) is 0 Å². The van der Waals surface area contributed by atoms with Crippen molar-refractivity contribution in [2.24, 2.45) is 0 Å². The standard InChI is InChI=1S/C12H11N3/c1-2-10-3-5-12(6-4-10)15-9-11(7-13)8-14/h3-6,9,15H,2H2,1H3. The summed E-state index contributed by atoms with van der Waals surface area (Å²) < 4.78 is 0. The highest BCUT2D eigenvalue weighted by atomic mass is 14.8. The normalized spacial score (nSPS) is 8.47. The number of hydrogen-bond donors (Lipinski definition) is 1. The van der Waals surface area contributed by atoms with E-state index in [0.717, 1.165) is 12.1 Å². The van der Waals surface area contributed by atoms with Gasteiger partial charge in [-0.3, -0.25) is 0 Å². The number of nitrogens with zero attached hydrogens (tertiary/aromatic N) is 2. The van der Waals surface area contributed by atoms with Crippen LogP contribution in [0.3, 0.4) is 0 Å². The quantitative estimate of drug-likeness (QED) is 0.757. The molecular weight excluding hydrogens is 186 g/mol. The van der Waals surface area contributed by atoms with Crippen LogP contribution in [0.25, 0.3) is 0 Å². The van der Waals surface area contributed by atoms with E-state index in [0.29, 0.717) is 0 Å². The van der Waals surface area contributed by atoms with E-state index in [-0.39, 0.29) is 5.57 Å². The van der Waals surface area contributed by atoms with Gasteiger partial charge in [0.15, 0.2) is 0 Å². The van der Waals surface area contributed by atoms with Crippen molar-refractivity contribution in [3.8, 4) is 12.1 Å². The molecule has 0 spiro atoms. The van der Waals surface area contributed by atoms with E-state index in [9.17, 15) is 0 Å². The van der Waals surface area contributed by atoms with Crippen LogP contribution in [-0.2, 0) is 6.42 Å². The molecule has 15 heavy (non-hydrogen) atoms. The van der Waals surface area contributed by atoms with Gasteiger partial charge in [0.05, 0.1) is 0 Å². The fourth-order valence-corrected chi connectivity index (χ4v) is 1.08. The predicted molar refractivity (Wildman–Crippen MR) is 58.8 cm³/mol. The van der Waals surface area contributed by atoms with Crippen LogP contribution in [0.15, 0.2) is 36.0 Å². The Morgan fingerprint density at radius 1 is 1.27 bits per heavy atom. The van der Waals surface area contributed by atoms with Crippen molar-refractivity contribution >= 4 is 5.69 Å². The molecule has 0 atom stereocenters. The lowest BCUT2D eigenvalue weighted by atomic mass is 10.1. The molecule has 3 nitrogen and oxygen atoms in total. The Kier molecular flexibility index (Phi) is 3.94. The third-order valence-electron chi connectivity index (χ3n) is 1.99. The third-order valence-corrected chi connectivity index (χ3v) is 1.99. The van der Waals surface area contributed by atoms with Gasteiger partial charge in [-0.05, 0) is 24.1 Å². The summed E-state index contributed by atoms with van der Waals surface area (Å²) in [5.41, 5.74) is 2.19. The molecule has 74 valence electrons. The van der Waals surface area contributed by atoms with Gasteiger partial charge in [0, 0.05) is 11.9 Å². The lowest BCUT2D eigenvalue weighted by molar-refractivity contribution is 1.14. The van der Waals surface area contributed by atoms with Crippen LogP contribution < -0.4 is 5.32 Å². The molecule has 1 aromatic rings. The molecule has 0 aromatic heterocycles. The van der Waals surface area contributed by atoms with E-state index in [1.807, 2.05) is 24.3 Å². The van der Waals surface area contributed by atoms with Gasteiger partial charge in [0.2, 0.25) is 0 Å². The summed E-state index contributed by atoms with van der Waals surface area (Å²) in [6.45, 7) is 2.09. The number of nitriles is 2. The lowest BCUT2D eigenvalue weighted by Gasteiger charge is -2.01. The van der Waals surface area contributed by atoms with E-state index >= 15 is 0 Å². The Balaban J connectivity index is 2.71. The molecule has 1 N–H and O–H groups in total. The molecule has 0 radical (unpaired) electrons. The first-order valence-electron chi connectivity index (χ1n) is 4.66. The second-order valence-corrected chi connectivity index (χ2v) is 2.98. The molecule has 0 saturated carbocycles. The summed E-state index contributed by atoms with van der Waals surface area (Å²) in [5.74, 6) is 0. The predicted octanol–water partition coefficient (Wildman–Crippen LogP) is 2.59. The van der Waals surface area contributed by atoms with Crippen molar-refractivity contribution in [2.75, 3.05) is 5.32 Å². The Morgan fingerprint density at radius 3 is 2.33 bits per heavy atom. The van der Waals surface area contributed by atoms with Crippen molar-refractivity contribution in [1.29, 1.82) is 10.5 Å². The molecule has 3 heteroatoms. The van der Waals surface area contributed by atoms with E-state index in [4.69, 9.17) is 10.5 Å². The Labute approximate surface area is 89.3 Å². The minimum atomic E-state index is 0.0644. The number of benzene rings is 1. The molecule has 0 fully saturated rings. The van der Waals surface area contributed by atoms with Crippen LogP contribution in [0, 0.1) is 22.7 Å². The maximum atomic E-state index is 8.51. The smallest absolute Gasteiger partial charge is 0.145 e. The van der Waals surface area contributed by atoms with Crippen molar-refractivity contribution < 1.29 is 0 Å². The number of allylic oxidation sites excluding steroid dienone is 1. The van der Waals surface area contributed by atoms with Crippen LogP contribution in [0.5, 0.6) is 0 Å². The van der Waals surface area contributed by atoms with Crippen LogP contribution >= 0.6 is 0 Å². The van der Waals surface area contributed by atoms with Crippen molar-refractivity contribution in [3.63, 3.8) is 0 Å². The van der Waals surface area contributed by atoms with E-state index in [1.54, 1.807) is 12.1 Å². The van der Waals surface area contributed by atoms with E-state index < -0.39 is 0 Å². The van der Waals surface area contributed by atoms with Crippen LogP contribution in [0.1, 0.15) is 12.5 Å². The zero-order chi connectivity index (χ0) is 11.1. The summed E-state index contributed by atoms with van der Waals surface area (Å²) >= 11 is 0. The monoisotopic (exact) mass is 197 g/mol. The number of rotatable bonds is 3. The first-order valence-corrected chi connectivity index (χ1v) is 4.66. The second-order valence-electron chi connectivity index (χ2n) is 2.98. The number of hydrogen-bond acceptors (Lipinski definition) is 3. The van der Waals surface area contributed by atoms with Crippen LogP contribution in [0.4, 0.5) is 5.69 Å². The van der Waals surface area contributed by atoms with Gasteiger partial charge in [-0.15, -0.1) is 0 Å². The summed E-state index contributed by atoms with van der Waals surface area (Å²) in [7, 11) is 0. The molecule has 1 aromatic carbocycles. The Hall–Kier alpha value is -2.26. The van der Waals surface area contributed by atoms with Gasteiger partial charge in [-0.25, -0.2) is 0 Å². The lowest BCUT2D eigenvalue weighted by Crippen LogP contribution is -1.90. The molecule has 0 aliphatic heterocycles. The van der Waals surface area contributed by atoms with Crippen molar-refractivity contribution in [2.45, 2.75) is 13.3 Å². The minimum Gasteiger partial charge on any atom is -0.360 e. The highest BCUT2D eigenvalue weighted by molar-refractivity contribution is 5.50. The van der Waals surface area contributed by atoms with E-state index in [2.05, 4.69) is 12.2 Å². The molecule has 0 aliphatic carbocycles. The molecule has 0 bridgehead atoms. The maximum absolute atomic E-state index is 8.51. The fourth-order valence-electron chi connectivity index (χ4n) is 1.08. The molecular formula is C12H11N3. The van der Waals surface area contributed by atoms with Gasteiger partial charge < -0.3 is 5.32 Å². The Morgan fingerprint density at radius 2 is 1.87 bits per heavy atom. The average Bonchev–Trinajstić information content (AvgIpc) is 2.31. The zero-order valence-corrected chi connectivity index (χ0v) is 8.49. The SMILES string of the molecule is CCc1ccc(NC=C(C#N)C#N)cc1. The average molecular weight is 197 g/mol. The number of aryl methyl sites for hydroxylation is 1. The molecule has 0 aliphatic rings. The third kappa shape index (κ3) is 3.17. The molecule has 0 heterocycles. The number of anilines is 1. The van der Waals surface area contributed by atoms with Crippen molar-refractivity contribution in [3.05, 3.63) is 41.6 Å².